The minimum Gasteiger partial charge on any atom is -0.493 e. The molecule has 5 nitrogen and oxygen atoms in total. The van der Waals surface area contributed by atoms with Gasteiger partial charge in [-0.25, -0.2) is 0 Å². The standard InChI is InChI=1S/C15H27N3O2/c1-4-9-18-14(13(20-3)11-17-18)15(2,19)10-12-7-5-6-8-16-12/h11-12,16,19H,4-10H2,1-3H3. The molecule has 0 aromatic carbocycles. The predicted octanol–water partition coefficient (Wildman–Crippen LogP) is 2.04. The van der Waals surface area contributed by atoms with Crippen molar-refractivity contribution in [2.75, 3.05) is 13.7 Å². The molecule has 0 bridgehead atoms. The molecule has 5 heteroatoms. The van der Waals surface area contributed by atoms with Gasteiger partial charge in [0.05, 0.1) is 13.3 Å². The Morgan fingerprint density at radius 1 is 1.55 bits per heavy atom. The molecule has 114 valence electrons. The largest absolute Gasteiger partial charge is 0.493 e. The van der Waals surface area contributed by atoms with Crippen LogP contribution < -0.4 is 10.1 Å². The van der Waals surface area contributed by atoms with Crippen LogP contribution in [0.25, 0.3) is 0 Å². The molecule has 2 heterocycles. The second-order valence-electron chi connectivity index (χ2n) is 5.91. The van der Waals surface area contributed by atoms with E-state index in [9.17, 15) is 5.11 Å². The summed E-state index contributed by atoms with van der Waals surface area (Å²) in [5, 5.41) is 18.8. The lowest BCUT2D eigenvalue weighted by Gasteiger charge is -2.32. The van der Waals surface area contributed by atoms with Crippen LogP contribution in [0.5, 0.6) is 5.75 Å². The number of aliphatic hydroxyl groups is 1. The minimum atomic E-state index is -0.925. The number of nitrogens with one attached hydrogen (secondary N) is 1. The molecule has 1 aromatic rings. The molecule has 2 rings (SSSR count). The number of rotatable bonds is 6. The highest BCUT2D eigenvalue weighted by Gasteiger charge is 2.34. The number of aryl methyl sites for hydroxylation is 1. The van der Waals surface area contributed by atoms with Gasteiger partial charge in [0.15, 0.2) is 5.75 Å². The number of aromatic nitrogens is 2. The third-order valence-electron chi connectivity index (χ3n) is 4.03. The van der Waals surface area contributed by atoms with E-state index in [0.29, 0.717) is 18.2 Å². The molecule has 1 aliphatic heterocycles. The molecule has 20 heavy (non-hydrogen) atoms. The van der Waals surface area contributed by atoms with Gasteiger partial charge in [-0.1, -0.05) is 13.3 Å². The first-order valence-corrected chi connectivity index (χ1v) is 7.64. The summed E-state index contributed by atoms with van der Waals surface area (Å²) in [6.45, 7) is 5.82. The van der Waals surface area contributed by atoms with Crippen molar-refractivity contribution >= 4 is 0 Å². The SMILES string of the molecule is CCCn1ncc(OC)c1C(C)(O)CC1CCCCN1. The fourth-order valence-corrected chi connectivity index (χ4v) is 3.12. The molecule has 0 amide bonds. The molecular weight excluding hydrogens is 254 g/mol. The summed E-state index contributed by atoms with van der Waals surface area (Å²) in [7, 11) is 1.63. The molecule has 0 radical (unpaired) electrons. The lowest BCUT2D eigenvalue weighted by atomic mass is 9.89. The second-order valence-corrected chi connectivity index (χ2v) is 5.91. The lowest BCUT2D eigenvalue weighted by molar-refractivity contribution is 0.0222. The van der Waals surface area contributed by atoms with E-state index >= 15 is 0 Å². The van der Waals surface area contributed by atoms with E-state index in [0.717, 1.165) is 31.6 Å². The van der Waals surface area contributed by atoms with Gasteiger partial charge < -0.3 is 15.2 Å². The summed E-state index contributed by atoms with van der Waals surface area (Å²) in [6.07, 6.45) is 6.97. The average molecular weight is 281 g/mol. The number of nitrogens with zero attached hydrogens (tertiary/aromatic N) is 2. The number of hydrogen-bond donors (Lipinski definition) is 2. The van der Waals surface area contributed by atoms with Crippen LogP contribution in [0.3, 0.4) is 0 Å². The van der Waals surface area contributed by atoms with Gasteiger partial charge in [-0.15, -0.1) is 0 Å². The van der Waals surface area contributed by atoms with Crippen LogP contribution in [-0.2, 0) is 12.1 Å². The van der Waals surface area contributed by atoms with E-state index in [4.69, 9.17) is 4.74 Å². The van der Waals surface area contributed by atoms with Crippen LogP contribution in [0.2, 0.25) is 0 Å². The molecule has 0 aliphatic carbocycles. The van der Waals surface area contributed by atoms with Crippen molar-refractivity contribution in [1.82, 2.24) is 15.1 Å². The maximum absolute atomic E-state index is 11.0. The van der Waals surface area contributed by atoms with Crippen LogP contribution in [-0.4, -0.2) is 34.6 Å². The monoisotopic (exact) mass is 281 g/mol. The van der Waals surface area contributed by atoms with Crippen LogP contribution in [0.4, 0.5) is 0 Å². The zero-order chi connectivity index (χ0) is 14.6. The van der Waals surface area contributed by atoms with Crippen LogP contribution in [0.1, 0.15) is 51.6 Å². The van der Waals surface area contributed by atoms with Gasteiger partial charge in [-0.05, 0) is 39.2 Å². The fourth-order valence-electron chi connectivity index (χ4n) is 3.12. The second kappa shape index (κ2) is 6.59. The maximum atomic E-state index is 11.0. The summed E-state index contributed by atoms with van der Waals surface area (Å²) in [6, 6.07) is 0.369. The molecular formula is C15H27N3O2. The Labute approximate surface area is 121 Å². The zero-order valence-corrected chi connectivity index (χ0v) is 12.9. The van der Waals surface area contributed by atoms with Crippen molar-refractivity contribution in [3.8, 4) is 5.75 Å². The summed E-state index contributed by atoms with van der Waals surface area (Å²) < 4.78 is 7.26. The first-order chi connectivity index (χ1) is 9.58. The van der Waals surface area contributed by atoms with Crippen LogP contribution in [0.15, 0.2) is 6.20 Å². The van der Waals surface area contributed by atoms with E-state index in [-0.39, 0.29) is 0 Å². The van der Waals surface area contributed by atoms with Crippen molar-refractivity contribution in [2.45, 2.75) is 64.1 Å². The Balaban J connectivity index is 2.19. The Bertz CT molecular complexity index is 423. The van der Waals surface area contributed by atoms with E-state index in [1.165, 1.54) is 12.8 Å². The number of methoxy groups -OCH3 is 1. The van der Waals surface area contributed by atoms with E-state index < -0.39 is 5.60 Å². The smallest absolute Gasteiger partial charge is 0.162 e. The Morgan fingerprint density at radius 2 is 2.35 bits per heavy atom. The minimum absolute atomic E-state index is 0.369. The first-order valence-electron chi connectivity index (χ1n) is 7.64. The van der Waals surface area contributed by atoms with Crippen molar-refractivity contribution in [3.63, 3.8) is 0 Å². The number of hydrogen-bond acceptors (Lipinski definition) is 4. The zero-order valence-electron chi connectivity index (χ0n) is 12.9. The summed E-state index contributed by atoms with van der Waals surface area (Å²) in [5.41, 5.74) is -0.124. The summed E-state index contributed by atoms with van der Waals surface area (Å²) in [4.78, 5) is 0. The third-order valence-corrected chi connectivity index (χ3v) is 4.03. The predicted molar refractivity (Wildman–Crippen MR) is 78.9 cm³/mol. The molecule has 2 unspecified atom stereocenters. The van der Waals surface area contributed by atoms with Crippen molar-refractivity contribution < 1.29 is 9.84 Å². The quantitative estimate of drug-likeness (QED) is 0.838. The average Bonchev–Trinajstić information content (AvgIpc) is 2.83. The summed E-state index contributed by atoms with van der Waals surface area (Å²) in [5.74, 6) is 0.680. The first kappa shape index (κ1) is 15.3. The van der Waals surface area contributed by atoms with Gasteiger partial charge in [0.25, 0.3) is 0 Å². The molecule has 1 aromatic heterocycles. The Morgan fingerprint density at radius 3 is 2.95 bits per heavy atom. The van der Waals surface area contributed by atoms with Crippen LogP contribution >= 0.6 is 0 Å². The Hall–Kier alpha value is -1.07. The molecule has 2 N–H and O–H groups in total. The number of piperidine rings is 1. The van der Waals surface area contributed by atoms with Gasteiger partial charge in [0.1, 0.15) is 11.3 Å². The van der Waals surface area contributed by atoms with E-state index in [1.807, 2.05) is 11.6 Å². The highest BCUT2D eigenvalue weighted by atomic mass is 16.5. The van der Waals surface area contributed by atoms with E-state index in [1.54, 1.807) is 13.3 Å². The van der Waals surface area contributed by atoms with Gasteiger partial charge in [-0.3, -0.25) is 4.68 Å². The highest BCUT2D eigenvalue weighted by molar-refractivity contribution is 5.30. The molecule has 1 saturated heterocycles. The lowest BCUT2D eigenvalue weighted by Crippen LogP contribution is -2.40. The number of ether oxygens (including phenoxy) is 1. The molecule has 0 saturated carbocycles. The summed E-state index contributed by atoms with van der Waals surface area (Å²) >= 11 is 0. The van der Waals surface area contributed by atoms with Crippen LogP contribution in [0, 0.1) is 0 Å². The maximum Gasteiger partial charge on any atom is 0.162 e. The highest BCUT2D eigenvalue weighted by Crippen LogP contribution is 2.34. The van der Waals surface area contributed by atoms with E-state index in [2.05, 4.69) is 17.3 Å². The Kier molecular flexibility index (Phi) is 5.05. The van der Waals surface area contributed by atoms with Crippen molar-refractivity contribution in [1.29, 1.82) is 0 Å². The molecule has 1 fully saturated rings. The third kappa shape index (κ3) is 3.33. The molecule has 2 atom stereocenters. The molecule has 1 aliphatic rings. The normalized spacial score (nSPS) is 22.5. The van der Waals surface area contributed by atoms with Gasteiger partial charge in [0, 0.05) is 12.6 Å². The van der Waals surface area contributed by atoms with Gasteiger partial charge in [-0.2, -0.15) is 5.10 Å². The van der Waals surface area contributed by atoms with Gasteiger partial charge >= 0.3 is 0 Å². The topological polar surface area (TPSA) is 59.3 Å². The fraction of sp³-hybridized carbons (Fsp3) is 0.800. The van der Waals surface area contributed by atoms with Crippen molar-refractivity contribution in [3.05, 3.63) is 11.9 Å². The van der Waals surface area contributed by atoms with Crippen molar-refractivity contribution in [2.24, 2.45) is 0 Å². The van der Waals surface area contributed by atoms with Gasteiger partial charge in [0.2, 0.25) is 0 Å². The molecule has 0 spiro atoms.